The number of benzene rings is 1. The summed E-state index contributed by atoms with van der Waals surface area (Å²) in [6, 6.07) is 6.17. The predicted octanol–water partition coefficient (Wildman–Crippen LogP) is 2.88. The molecule has 0 radical (unpaired) electrons. The molecule has 0 bridgehead atoms. The summed E-state index contributed by atoms with van der Waals surface area (Å²) >= 11 is 0. The Bertz CT molecular complexity index is 799. The van der Waals surface area contributed by atoms with Gasteiger partial charge in [-0.05, 0) is 50.1 Å². The minimum absolute atomic E-state index is 0.0136. The number of carboxylic acids is 1. The Morgan fingerprint density at radius 2 is 1.81 bits per heavy atom. The van der Waals surface area contributed by atoms with E-state index in [-0.39, 0.29) is 27.7 Å². The standard InChI is InChI=1S/C15H16O5S/c1-9-4-5-13(6-10(9)2)21(18,19)8-12-7-14(15(16)17)11(3)20-12/h4-7H,8H2,1-3H3,(H,16,17). The van der Waals surface area contributed by atoms with Crippen LogP contribution in [-0.2, 0) is 15.6 Å². The van der Waals surface area contributed by atoms with E-state index < -0.39 is 15.8 Å². The zero-order chi connectivity index (χ0) is 15.8. The van der Waals surface area contributed by atoms with Crippen molar-refractivity contribution in [2.45, 2.75) is 31.4 Å². The van der Waals surface area contributed by atoms with Crippen molar-refractivity contribution < 1.29 is 22.7 Å². The van der Waals surface area contributed by atoms with E-state index in [9.17, 15) is 13.2 Å². The van der Waals surface area contributed by atoms with Crippen molar-refractivity contribution in [2.24, 2.45) is 0 Å². The van der Waals surface area contributed by atoms with Crippen LogP contribution in [0.4, 0.5) is 0 Å². The molecule has 2 aromatic rings. The molecule has 1 aromatic heterocycles. The number of aromatic carboxylic acids is 1. The maximum atomic E-state index is 12.3. The van der Waals surface area contributed by atoms with Gasteiger partial charge in [-0.1, -0.05) is 6.07 Å². The highest BCUT2D eigenvalue weighted by molar-refractivity contribution is 7.90. The summed E-state index contributed by atoms with van der Waals surface area (Å²) in [5, 5.41) is 8.95. The second kappa shape index (κ2) is 5.37. The summed E-state index contributed by atoms with van der Waals surface area (Å²) in [5.74, 6) is -1.16. The highest BCUT2D eigenvalue weighted by atomic mass is 32.2. The number of hydrogen-bond donors (Lipinski definition) is 1. The van der Waals surface area contributed by atoms with E-state index in [4.69, 9.17) is 9.52 Å². The number of sulfone groups is 1. The van der Waals surface area contributed by atoms with Gasteiger partial charge in [0.05, 0.1) is 4.90 Å². The van der Waals surface area contributed by atoms with Gasteiger partial charge < -0.3 is 9.52 Å². The van der Waals surface area contributed by atoms with Crippen LogP contribution in [0.25, 0.3) is 0 Å². The van der Waals surface area contributed by atoms with Crippen LogP contribution in [0.5, 0.6) is 0 Å². The monoisotopic (exact) mass is 308 g/mol. The fourth-order valence-corrected chi connectivity index (χ4v) is 3.32. The van der Waals surface area contributed by atoms with E-state index in [1.807, 2.05) is 13.8 Å². The lowest BCUT2D eigenvalue weighted by Gasteiger charge is -2.05. The van der Waals surface area contributed by atoms with Gasteiger partial charge in [0.15, 0.2) is 9.84 Å². The Labute approximate surface area is 123 Å². The topological polar surface area (TPSA) is 84.6 Å². The number of aryl methyl sites for hydroxylation is 3. The van der Waals surface area contributed by atoms with E-state index in [1.54, 1.807) is 18.2 Å². The molecule has 0 spiro atoms. The van der Waals surface area contributed by atoms with Crippen molar-refractivity contribution >= 4 is 15.8 Å². The highest BCUT2D eigenvalue weighted by Crippen LogP contribution is 2.22. The summed E-state index contributed by atoms with van der Waals surface area (Å²) in [7, 11) is -3.57. The van der Waals surface area contributed by atoms with Gasteiger partial charge in [-0.2, -0.15) is 0 Å². The van der Waals surface area contributed by atoms with Gasteiger partial charge in [0.1, 0.15) is 22.8 Å². The third-order valence-electron chi connectivity index (χ3n) is 3.37. The van der Waals surface area contributed by atoms with Gasteiger partial charge in [0.2, 0.25) is 0 Å². The van der Waals surface area contributed by atoms with Crippen LogP contribution in [0.1, 0.15) is 33.0 Å². The summed E-state index contributed by atoms with van der Waals surface area (Å²) < 4.78 is 29.9. The average Bonchev–Trinajstić information content (AvgIpc) is 2.72. The Hall–Kier alpha value is -2.08. The molecule has 0 aliphatic heterocycles. The van der Waals surface area contributed by atoms with Gasteiger partial charge in [0, 0.05) is 0 Å². The normalized spacial score (nSPS) is 11.6. The van der Waals surface area contributed by atoms with Crippen LogP contribution in [0.15, 0.2) is 33.6 Å². The van der Waals surface area contributed by atoms with Gasteiger partial charge in [-0.3, -0.25) is 0 Å². The zero-order valence-electron chi connectivity index (χ0n) is 12.0. The molecule has 0 aliphatic rings. The average molecular weight is 308 g/mol. The third kappa shape index (κ3) is 3.16. The van der Waals surface area contributed by atoms with Gasteiger partial charge in [-0.15, -0.1) is 0 Å². The highest BCUT2D eigenvalue weighted by Gasteiger charge is 2.21. The van der Waals surface area contributed by atoms with Crippen LogP contribution in [0.2, 0.25) is 0 Å². The first-order valence-corrected chi connectivity index (χ1v) is 7.98. The van der Waals surface area contributed by atoms with E-state index in [1.165, 1.54) is 13.0 Å². The van der Waals surface area contributed by atoms with Gasteiger partial charge in [-0.25, -0.2) is 13.2 Å². The fraction of sp³-hybridized carbons (Fsp3) is 0.267. The molecule has 1 heterocycles. The molecule has 0 atom stereocenters. The molecule has 0 saturated heterocycles. The molecule has 5 nitrogen and oxygen atoms in total. The van der Waals surface area contributed by atoms with Crippen molar-refractivity contribution in [2.75, 3.05) is 0 Å². The Balaban J connectivity index is 2.35. The quantitative estimate of drug-likeness (QED) is 0.938. The molecule has 0 amide bonds. The van der Waals surface area contributed by atoms with Crippen molar-refractivity contribution in [1.29, 1.82) is 0 Å². The number of carbonyl (C=O) groups is 1. The SMILES string of the molecule is Cc1ccc(S(=O)(=O)Cc2cc(C(=O)O)c(C)o2)cc1C. The smallest absolute Gasteiger partial charge is 0.339 e. The summed E-state index contributed by atoms with van der Waals surface area (Å²) in [5.41, 5.74) is 1.88. The van der Waals surface area contributed by atoms with Crippen LogP contribution in [0, 0.1) is 20.8 Å². The van der Waals surface area contributed by atoms with Crippen molar-refractivity contribution in [3.63, 3.8) is 0 Å². The van der Waals surface area contributed by atoms with E-state index in [0.717, 1.165) is 11.1 Å². The molecule has 112 valence electrons. The third-order valence-corrected chi connectivity index (χ3v) is 5.01. The van der Waals surface area contributed by atoms with Crippen molar-refractivity contribution in [3.8, 4) is 0 Å². The molecule has 21 heavy (non-hydrogen) atoms. The maximum absolute atomic E-state index is 12.3. The molecular formula is C15H16O5S. The summed E-state index contributed by atoms with van der Waals surface area (Å²) in [4.78, 5) is 11.1. The maximum Gasteiger partial charge on any atom is 0.339 e. The van der Waals surface area contributed by atoms with E-state index in [0.29, 0.717) is 0 Å². The number of furan rings is 1. The fourth-order valence-electron chi connectivity index (χ4n) is 2.01. The minimum Gasteiger partial charge on any atom is -0.478 e. The van der Waals surface area contributed by atoms with Crippen molar-refractivity contribution in [3.05, 3.63) is 52.5 Å². The lowest BCUT2D eigenvalue weighted by molar-refractivity contribution is 0.0695. The molecule has 1 N–H and O–H groups in total. The Morgan fingerprint density at radius 1 is 1.14 bits per heavy atom. The largest absolute Gasteiger partial charge is 0.478 e. The lowest BCUT2D eigenvalue weighted by atomic mass is 10.1. The molecule has 6 heteroatoms. The first kappa shape index (κ1) is 15.3. The van der Waals surface area contributed by atoms with E-state index in [2.05, 4.69) is 0 Å². The summed E-state index contributed by atoms with van der Waals surface area (Å²) in [6.07, 6.45) is 0. The second-order valence-corrected chi connectivity index (χ2v) is 6.98. The predicted molar refractivity (Wildman–Crippen MR) is 77.2 cm³/mol. The van der Waals surface area contributed by atoms with Crippen LogP contribution >= 0.6 is 0 Å². The first-order chi connectivity index (χ1) is 9.70. The van der Waals surface area contributed by atoms with Gasteiger partial charge >= 0.3 is 5.97 Å². The zero-order valence-corrected chi connectivity index (χ0v) is 12.8. The Morgan fingerprint density at radius 3 is 2.33 bits per heavy atom. The summed E-state index contributed by atoms with van der Waals surface area (Å²) in [6.45, 7) is 5.24. The van der Waals surface area contributed by atoms with Crippen LogP contribution in [-0.4, -0.2) is 19.5 Å². The number of hydrogen-bond acceptors (Lipinski definition) is 4. The molecule has 0 saturated carbocycles. The van der Waals surface area contributed by atoms with E-state index >= 15 is 0 Å². The van der Waals surface area contributed by atoms with Crippen LogP contribution < -0.4 is 0 Å². The number of rotatable bonds is 4. The molecule has 0 unspecified atom stereocenters. The molecule has 1 aromatic carbocycles. The molecule has 0 aliphatic carbocycles. The molecule has 2 rings (SSSR count). The second-order valence-electron chi connectivity index (χ2n) is 4.99. The van der Waals surface area contributed by atoms with Crippen molar-refractivity contribution in [1.82, 2.24) is 0 Å². The van der Waals surface area contributed by atoms with Crippen LogP contribution in [0.3, 0.4) is 0 Å². The Kier molecular flexibility index (Phi) is 3.91. The molecular weight excluding hydrogens is 292 g/mol. The van der Waals surface area contributed by atoms with Gasteiger partial charge in [0.25, 0.3) is 0 Å². The lowest BCUT2D eigenvalue weighted by Crippen LogP contribution is -2.05. The molecule has 0 fully saturated rings. The minimum atomic E-state index is -3.57. The first-order valence-electron chi connectivity index (χ1n) is 6.33. The number of carboxylic acid groups (broad SMARTS) is 1.